The molecule has 5 nitrogen and oxygen atoms in total. The van der Waals surface area contributed by atoms with Crippen molar-refractivity contribution < 1.29 is 14.7 Å². The van der Waals surface area contributed by atoms with Crippen LogP contribution >= 0.6 is 23.4 Å². The number of halogens is 1. The molecular formula is C13H17ClN2O3S. The van der Waals surface area contributed by atoms with Crippen LogP contribution in [0.15, 0.2) is 18.2 Å². The molecule has 2 amide bonds. The molecule has 0 saturated heterocycles. The summed E-state index contributed by atoms with van der Waals surface area (Å²) < 4.78 is 0. The van der Waals surface area contributed by atoms with E-state index in [9.17, 15) is 9.59 Å². The molecule has 1 aromatic rings. The monoisotopic (exact) mass is 316 g/mol. The lowest BCUT2D eigenvalue weighted by molar-refractivity contribution is -0.139. The number of hydrogen-bond donors (Lipinski definition) is 3. The number of rotatable bonds is 6. The van der Waals surface area contributed by atoms with Gasteiger partial charge in [0.25, 0.3) is 0 Å². The summed E-state index contributed by atoms with van der Waals surface area (Å²) in [4.78, 5) is 22.9. The summed E-state index contributed by atoms with van der Waals surface area (Å²) in [5.74, 6) is -0.396. The number of aryl methyl sites for hydroxylation is 1. The third-order valence-electron chi connectivity index (χ3n) is 2.67. The molecule has 0 aliphatic heterocycles. The fourth-order valence-corrected chi connectivity index (χ4v) is 2.33. The molecule has 0 aliphatic carbocycles. The summed E-state index contributed by atoms with van der Waals surface area (Å²) in [6, 6.07) is 3.76. The van der Waals surface area contributed by atoms with Crippen molar-refractivity contribution in [2.45, 2.75) is 19.4 Å². The second-order valence-electron chi connectivity index (χ2n) is 4.20. The van der Waals surface area contributed by atoms with Gasteiger partial charge in [-0.25, -0.2) is 9.59 Å². The number of amides is 2. The number of carboxylic acid groups (broad SMARTS) is 1. The minimum absolute atomic E-state index is 0.366. The Hall–Kier alpha value is -1.40. The molecule has 0 aliphatic rings. The normalized spacial score (nSPS) is 11.8. The summed E-state index contributed by atoms with van der Waals surface area (Å²) in [7, 11) is 0. The van der Waals surface area contributed by atoms with Crippen LogP contribution in [-0.4, -0.2) is 35.2 Å². The number of carbonyl (C=O) groups is 2. The van der Waals surface area contributed by atoms with Crippen LogP contribution in [0.5, 0.6) is 0 Å². The largest absolute Gasteiger partial charge is 0.480 e. The number of nitrogens with one attached hydrogen (secondary N) is 2. The van der Waals surface area contributed by atoms with Gasteiger partial charge in [-0.1, -0.05) is 23.7 Å². The summed E-state index contributed by atoms with van der Waals surface area (Å²) >= 11 is 7.52. The van der Waals surface area contributed by atoms with E-state index in [1.165, 1.54) is 11.8 Å². The molecule has 7 heteroatoms. The van der Waals surface area contributed by atoms with Gasteiger partial charge < -0.3 is 15.7 Å². The Bertz CT molecular complexity index is 476. The summed E-state index contributed by atoms with van der Waals surface area (Å²) in [5.41, 5.74) is 1.30. The Morgan fingerprint density at radius 2 is 2.15 bits per heavy atom. The molecule has 1 rings (SSSR count). The van der Waals surface area contributed by atoms with Crippen molar-refractivity contribution in [3.63, 3.8) is 0 Å². The number of carboxylic acids is 1. The van der Waals surface area contributed by atoms with Crippen LogP contribution in [0.1, 0.15) is 12.0 Å². The lowest BCUT2D eigenvalue weighted by Gasteiger charge is -2.16. The molecular weight excluding hydrogens is 300 g/mol. The van der Waals surface area contributed by atoms with Gasteiger partial charge in [-0.15, -0.1) is 0 Å². The second kappa shape index (κ2) is 8.01. The first-order chi connectivity index (χ1) is 9.45. The molecule has 0 radical (unpaired) electrons. The van der Waals surface area contributed by atoms with E-state index in [1.54, 1.807) is 12.1 Å². The predicted molar refractivity (Wildman–Crippen MR) is 82.8 cm³/mol. The molecule has 1 aromatic carbocycles. The van der Waals surface area contributed by atoms with E-state index in [0.29, 0.717) is 22.9 Å². The highest BCUT2D eigenvalue weighted by Gasteiger charge is 2.20. The van der Waals surface area contributed by atoms with Crippen molar-refractivity contribution in [1.29, 1.82) is 0 Å². The smallest absolute Gasteiger partial charge is 0.326 e. The Morgan fingerprint density at radius 3 is 2.70 bits per heavy atom. The van der Waals surface area contributed by atoms with Gasteiger partial charge in [0.15, 0.2) is 0 Å². The maximum absolute atomic E-state index is 11.8. The summed E-state index contributed by atoms with van der Waals surface area (Å²) in [6.07, 6.45) is 2.25. The highest BCUT2D eigenvalue weighted by molar-refractivity contribution is 7.98. The number of benzene rings is 1. The minimum atomic E-state index is -1.05. The summed E-state index contributed by atoms with van der Waals surface area (Å²) in [5, 5.41) is 14.5. The quantitative estimate of drug-likeness (QED) is 0.754. The highest BCUT2D eigenvalue weighted by atomic mass is 35.5. The van der Waals surface area contributed by atoms with Crippen LogP contribution in [0.2, 0.25) is 5.02 Å². The van der Waals surface area contributed by atoms with Crippen molar-refractivity contribution in [2.24, 2.45) is 0 Å². The fourth-order valence-electron chi connectivity index (χ4n) is 1.59. The van der Waals surface area contributed by atoms with Crippen molar-refractivity contribution in [2.75, 3.05) is 17.3 Å². The van der Waals surface area contributed by atoms with Gasteiger partial charge in [-0.2, -0.15) is 11.8 Å². The number of carbonyl (C=O) groups excluding carboxylic acids is 1. The first-order valence-corrected chi connectivity index (χ1v) is 7.77. The van der Waals surface area contributed by atoms with E-state index < -0.39 is 18.0 Å². The molecule has 0 fully saturated rings. The van der Waals surface area contributed by atoms with Gasteiger partial charge in [0.1, 0.15) is 6.04 Å². The molecule has 110 valence electrons. The molecule has 0 saturated carbocycles. The first kappa shape index (κ1) is 16.7. The standard InChI is InChI=1S/C13H17ClN2O3S/c1-8-4-3-5-9(14)11(8)16-13(19)15-10(12(17)18)6-7-20-2/h3-5,10H,6-7H2,1-2H3,(H,17,18)(H2,15,16,19)/t10-/m0/s1. The lowest BCUT2D eigenvalue weighted by Crippen LogP contribution is -2.43. The van der Waals surface area contributed by atoms with Gasteiger partial charge in [-0.05, 0) is 37.0 Å². The van der Waals surface area contributed by atoms with Crippen molar-refractivity contribution in [1.82, 2.24) is 5.32 Å². The Balaban J connectivity index is 2.68. The van der Waals surface area contributed by atoms with Crippen LogP contribution in [0, 0.1) is 6.92 Å². The number of para-hydroxylation sites is 1. The van der Waals surface area contributed by atoms with Crippen LogP contribution in [-0.2, 0) is 4.79 Å². The molecule has 0 unspecified atom stereocenters. The lowest BCUT2D eigenvalue weighted by atomic mass is 10.2. The van der Waals surface area contributed by atoms with E-state index in [4.69, 9.17) is 16.7 Å². The first-order valence-electron chi connectivity index (χ1n) is 6.00. The van der Waals surface area contributed by atoms with E-state index in [2.05, 4.69) is 10.6 Å². The summed E-state index contributed by atoms with van der Waals surface area (Å²) in [6.45, 7) is 1.81. The van der Waals surface area contributed by atoms with E-state index in [1.807, 2.05) is 19.2 Å². The molecule has 3 N–H and O–H groups in total. The maximum Gasteiger partial charge on any atom is 0.326 e. The number of aliphatic carboxylic acids is 1. The van der Waals surface area contributed by atoms with Crippen molar-refractivity contribution in [3.8, 4) is 0 Å². The molecule has 1 atom stereocenters. The average Bonchev–Trinajstić information content (AvgIpc) is 2.38. The highest BCUT2D eigenvalue weighted by Crippen LogP contribution is 2.24. The minimum Gasteiger partial charge on any atom is -0.480 e. The third-order valence-corrected chi connectivity index (χ3v) is 3.63. The zero-order valence-corrected chi connectivity index (χ0v) is 12.8. The van der Waals surface area contributed by atoms with E-state index in [-0.39, 0.29) is 0 Å². The Labute approximate surface area is 127 Å². The van der Waals surface area contributed by atoms with Gasteiger partial charge in [0.2, 0.25) is 0 Å². The zero-order chi connectivity index (χ0) is 15.1. The Kier molecular flexibility index (Phi) is 6.67. The van der Waals surface area contributed by atoms with E-state index in [0.717, 1.165) is 5.56 Å². The van der Waals surface area contributed by atoms with Crippen molar-refractivity contribution >= 4 is 41.1 Å². The van der Waals surface area contributed by atoms with Crippen LogP contribution in [0.25, 0.3) is 0 Å². The number of hydrogen-bond acceptors (Lipinski definition) is 3. The molecule has 0 spiro atoms. The zero-order valence-electron chi connectivity index (χ0n) is 11.3. The van der Waals surface area contributed by atoms with Crippen LogP contribution < -0.4 is 10.6 Å². The van der Waals surface area contributed by atoms with Crippen LogP contribution in [0.3, 0.4) is 0 Å². The Morgan fingerprint density at radius 1 is 1.45 bits per heavy atom. The van der Waals surface area contributed by atoms with Crippen molar-refractivity contribution in [3.05, 3.63) is 28.8 Å². The van der Waals surface area contributed by atoms with Gasteiger partial charge in [0, 0.05) is 0 Å². The topological polar surface area (TPSA) is 78.4 Å². The second-order valence-corrected chi connectivity index (χ2v) is 5.60. The molecule has 0 heterocycles. The van der Waals surface area contributed by atoms with Gasteiger partial charge >= 0.3 is 12.0 Å². The van der Waals surface area contributed by atoms with Gasteiger partial charge in [-0.3, -0.25) is 0 Å². The fraction of sp³-hybridized carbons (Fsp3) is 0.385. The molecule has 20 heavy (non-hydrogen) atoms. The number of urea groups is 1. The molecule has 0 bridgehead atoms. The molecule has 0 aromatic heterocycles. The van der Waals surface area contributed by atoms with E-state index >= 15 is 0 Å². The average molecular weight is 317 g/mol. The number of anilines is 1. The number of thioether (sulfide) groups is 1. The SMILES string of the molecule is CSCC[C@H](NC(=O)Nc1c(C)cccc1Cl)C(=O)O. The predicted octanol–water partition coefficient (Wildman–Crippen LogP) is 2.98. The van der Waals surface area contributed by atoms with Gasteiger partial charge in [0.05, 0.1) is 10.7 Å². The maximum atomic E-state index is 11.8. The van der Waals surface area contributed by atoms with Crippen LogP contribution in [0.4, 0.5) is 10.5 Å². The third kappa shape index (κ3) is 4.94.